The molecule has 0 heterocycles. The fourth-order valence-corrected chi connectivity index (χ4v) is 1.31. The number of para-hydroxylation sites is 2. The fraction of sp³-hybridized carbons (Fsp3) is 0.571. The second kappa shape index (κ2) is 6.80. The van der Waals surface area contributed by atoms with Crippen LogP contribution in [0.15, 0.2) is 24.3 Å². The Morgan fingerprint density at radius 3 is 2.24 bits per heavy atom. The Morgan fingerprint density at radius 2 is 1.71 bits per heavy atom. The summed E-state index contributed by atoms with van der Waals surface area (Å²) in [7, 11) is 0. The van der Waals surface area contributed by atoms with Crippen LogP contribution in [0.2, 0.25) is 0 Å². The number of benzene rings is 1. The SMILES string of the molecule is CCCOc1ccccc1OCC(C)(C)CS. The number of hydrogen-bond acceptors (Lipinski definition) is 3. The van der Waals surface area contributed by atoms with Gasteiger partial charge in [-0.25, -0.2) is 0 Å². The van der Waals surface area contributed by atoms with E-state index in [1.54, 1.807) is 0 Å². The molecule has 0 aliphatic rings. The van der Waals surface area contributed by atoms with Crippen molar-refractivity contribution in [1.82, 2.24) is 0 Å². The van der Waals surface area contributed by atoms with E-state index < -0.39 is 0 Å². The zero-order valence-corrected chi connectivity index (χ0v) is 11.8. The van der Waals surface area contributed by atoms with E-state index in [1.165, 1.54) is 0 Å². The topological polar surface area (TPSA) is 18.5 Å². The van der Waals surface area contributed by atoms with Crippen LogP contribution in [-0.2, 0) is 0 Å². The maximum atomic E-state index is 5.82. The molecule has 0 saturated carbocycles. The van der Waals surface area contributed by atoms with Crippen molar-refractivity contribution in [2.75, 3.05) is 19.0 Å². The molecule has 0 aliphatic heterocycles. The van der Waals surface area contributed by atoms with Crippen LogP contribution in [0.25, 0.3) is 0 Å². The van der Waals surface area contributed by atoms with Crippen LogP contribution in [0.3, 0.4) is 0 Å². The molecule has 1 aromatic rings. The van der Waals surface area contributed by atoms with E-state index in [-0.39, 0.29) is 5.41 Å². The van der Waals surface area contributed by atoms with Crippen molar-refractivity contribution in [3.8, 4) is 11.5 Å². The number of rotatable bonds is 7. The molecule has 0 aliphatic carbocycles. The average molecular weight is 254 g/mol. The molecule has 0 aromatic heterocycles. The standard InChI is InChI=1S/C14H22O2S/c1-4-9-15-12-7-5-6-8-13(12)16-10-14(2,3)11-17/h5-8,17H,4,9-11H2,1-3H3. The lowest BCUT2D eigenvalue weighted by molar-refractivity contribution is 0.191. The normalized spacial score (nSPS) is 11.3. The summed E-state index contributed by atoms with van der Waals surface area (Å²) in [5.41, 5.74) is 0.0704. The van der Waals surface area contributed by atoms with Crippen molar-refractivity contribution in [1.29, 1.82) is 0 Å². The van der Waals surface area contributed by atoms with Gasteiger partial charge in [0.1, 0.15) is 0 Å². The van der Waals surface area contributed by atoms with Crippen LogP contribution >= 0.6 is 12.6 Å². The molecule has 0 radical (unpaired) electrons. The summed E-state index contributed by atoms with van der Waals surface area (Å²) in [6.07, 6.45) is 0.996. The lowest BCUT2D eigenvalue weighted by Crippen LogP contribution is -2.23. The van der Waals surface area contributed by atoms with E-state index >= 15 is 0 Å². The molecule has 0 unspecified atom stereocenters. The van der Waals surface area contributed by atoms with Gasteiger partial charge in [0.25, 0.3) is 0 Å². The molecular weight excluding hydrogens is 232 g/mol. The van der Waals surface area contributed by atoms with Crippen LogP contribution < -0.4 is 9.47 Å². The van der Waals surface area contributed by atoms with Gasteiger partial charge in [0, 0.05) is 5.41 Å². The van der Waals surface area contributed by atoms with E-state index in [0.717, 1.165) is 30.3 Å². The first-order valence-electron chi connectivity index (χ1n) is 6.04. The van der Waals surface area contributed by atoms with E-state index in [2.05, 4.69) is 33.4 Å². The van der Waals surface area contributed by atoms with Gasteiger partial charge in [0.05, 0.1) is 13.2 Å². The molecule has 2 nitrogen and oxygen atoms in total. The largest absolute Gasteiger partial charge is 0.490 e. The smallest absolute Gasteiger partial charge is 0.161 e. The van der Waals surface area contributed by atoms with Gasteiger partial charge in [0.15, 0.2) is 11.5 Å². The molecule has 3 heteroatoms. The van der Waals surface area contributed by atoms with Crippen molar-refractivity contribution >= 4 is 12.6 Å². The predicted octanol–water partition coefficient (Wildman–Crippen LogP) is 3.81. The minimum Gasteiger partial charge on any atom is -0.490 e. The molecule has 0 spiro atoms. The van der Waals surface area contributed by atoms with Crippen LogP contribution in [0.1, 0.15) is 27.2 Å². The van der Waals surface area contributed by atoms with E-state index in [9.17, 15) is 0 Å². The summed E-state index contributed by atoms with van der Waals surface area (Å²) in [5.74, 6) is 2.44. The Labute approximate surface area is 110 Å². The molecule has 1 aromatic carbocycles. The third kappa shape index (κ3) is 4.90. The minimum absolute atomic E-state index is 0.0704. The Hall–Kier alpha value is -0.830. The molecular formula is C14H22O2S. The van der Waals surface area contributed by atoms with Crippen molar-refractivity contribution in [3.63, 3.8) is 0 Å². The monoisotopic (exact) mass is 254 g/mol. The molecule has 17 heavy (non-hydrogen) atoms. The molecule has 1 rings (SSSR count). The zero-order valence-electron chi connectivity index (χ0n) is 10.9. The van der Waals surface area contributed by atoms with E-state index in [4.69, 9.17) is 9.47 Å². The number of thiol groups is 1. The number of ether oxygens (including phenoxy) is 2. The summed E-state index contributed by atoms with van der Waals surface area (Å²) in [6.45, 7) is 7.72. The molecule has 0 bridgehead atoms. The lowest BCUT2D eigenvalue weighted by atomic mass is 9.98. The molecule has 0 N–H and O–H groups in total. The number of hydrogen-bond donors (Lipinski definition) is 1. The first-order chi connectivity index (χ1) is 8.09. The van der Waals surface area contributed by atoms with Gasteiger partial charge in [0.2, 0.25) is 0 Å². The van der Waals surface area contributed by atoms with E-state index in [1.807, 2.05) is 24.3 Å². The maximum Gasteiger partial charge on any atom is 0.161 e. The summed E-state index contributed by atoms with van der Waals surface area (Å²) < 4.78 is 11.5. The lowest BCUT2D eigenvalue weighted by Gasteiger charge is -2.23. The Balaban J connectivity index is 2.63. The highest BCUT2D eigenvalue weighted by molar-refractivity contribution is 7.80. The summed E-state index contributed by atoms with van der Waals surface area (Å²) >= 11 is 4.32. The zero-order chi connectivity index (χ0) is 12.7. The molecule has 0 saturated heterocycles. The summed E-state index contributed by atoms with van der Waals surface area (Å²) in [4.78, 5) is 0. The highest BCUT2D eigenvalue weighted by Gasteiger charge is 2.17. The van der Waals surface area contributed by atoms with Gasteiger partial charge in [-0.15, -0.1) is 0 Å². The van der Waals surface area contributed by atoms with Crippen LogP contribution in [-0.4, -0.2) is 19.0 Å². The quantitative estimate of drug-likeness (QED) is 0.746. The fourth-order valence-electron chi connectivity index (χ4n) is 1.22. The van der Waals surface area contributed by atoms with Crippen LogP contribution in [0, 0.1) is 5.41 Å². The van der Waals surface area contributed by atoms with Gasteiger partial charge < -0.3 is 9.47 Å². The molecule has 0 atom stereocenters. The molecule has 0 fully saturated rings. The second-order valence-electron chi connectivity index (χ2n) is 4.91. The third-order valence-electron chi connectivity index (χ3n) is 2.36. The summed E-state index contributed by atoms with van der Waals surface area (Å²) in [5, 5.41) is 0. The van der Waals surface area contributed by atoms with Crippen molar-refractivity contribution < 1.29 is 9.47 Å². The minimum atomic E-state index is 0.0704. The maximum absolute atomic E-state index is 5.82. The predicted molar refractivity (Wildman–Crippen MR) is 75.4 cm³/mol. The average Bonchev–Trinajstić information content (AvgIpc) is 2.35. The van der Waals surface area contributed by atoms with E-state index in [0.29, 0.717) is 6.61 Å². The summed E-state index contributed by atoms with van der Waals surface area (Å²) in [6, 6.07) is 7.81. The van der Waals surface area contributed by atoms with Gasteiger partial charge in [-0.2, -0.15) is 12.6 Å². The van der Waals surface area contributed by atoms with Crippen molar-refractivity contribution in [2.24, 2.45) is 5.41 Å². The van der Waals surface area contributed by atoms with Gasteiger partial charge in [-0.3, -0.25) is 0 Å². The highest BCUT2D eigenvalue weighted by atomic mass is 32.1. The first kappa shape index (κ1) is 14.2. The van der Waals surface area contributed by atoms with Crippen molar-refractivity contribution in [3.05, 3.63) is 24.3 Å². The van der Waals surface area contributed by atoms with Crippen LogP contribution in [0.4, 0.5) is 0 Å². The molecule has 96 valence electrons. The third-order valence-corrected chi connectivity index (χ3v) is 3.21. The molecule has 0 amide bonds. The van der Waals surface area contributed by atoms with Gasteiger partial charge >= 0.3 is 0 Å². The Kier molecular flexibility index (Phi) is 5.69. The Morgan fingerprint density at radius 1 is 1.12 bits per heavy atom. The van der Waals surface area contributed by atoms with Gasteiger partial charge in [-0.1, -0.05) is 32.9 Å². The second-order valence-corrected chi connectivity index (χ2v) is 5.22. The Bertz CT molecular complexity index is 337. The highest BCUT2D eigenvalue weighted by Crippen LogP contribution is 2.28. The van der Waals surface area contributed by atoms with Crippen molar-refractivity contribution in [2.45, 2.75) is 27.2 Å². The first-order valence-corrected chi connectivity index (χ1v) is 6.68. The van der Waals surface area contributed by atoms with Gasteiger partial charge in [-0.05, 0) is 24.3 Å². The van der Waals surface area contributed by atoms with Crippen LogP contribution in [0.5, 0.6) is 11.5 Å².